The van der Waals surface area contributed by atoms with Gasteiger partial charge in [0.2, 0.25) is 0 Å². The van der Waals surface area contributed by atoms with Crippen molar-refractivity contribution in [2.75, 3.05) is 20.1 Å². The van der Waals surface area contributed by atoms with Gasteiger partial charge in [-0.15, -0.1) is 0 Å². The smallest absolute Gasteiger partial charge is 0.116 e. The number of aromatic amines is 1. The lowest BCUT2D eigenvalue weighted by molar-refractivity contribution is 0.182. The number of phenols is 1. The summed E-state index contributed by atoms with van der Waals surface area (Å²) in [6.07, 6.45) is 6.41. The van der Waals surface area contributed by atoms with Crippen LogP contribution in [0.1, 0.15) is 49.8 Å². The molecule has 23 heavy (non-hydrogen) atoms. The van der Waals surface area contributed by atoms with Crippen LogP contribution in [0.2, 0.25) is 0 Å². The summed E-state index contributed by atoms with van der Waals surface area (Å²) in [6.45, 7) is 4.69. The van der Waals surface area contributed by atoms with E-state index in [1.165, 1.54) is 54.4 Å². The number of benzene rings is 1. The number of aromatic nitrogens is 1. The third-order valence-electron chi connectivity index (χ3n) is 6.12. The molecule has 2 aromatic rings. The Hall–Kier alpha value is -1.48. The Bertz CT molecular complexity index is 705. The van der Waals surface area contributed by atoms with Gasteiger partial charge in [-0.05, 0) is 74.2 Å². The number of hydrogen-bond acceptors (Lipinski definition) is 2. The molecule has 3 unspecified atom stereocenters. The first-order valence-corrected chi connectivity index (χ1v) is 9.16. The molecule has 124 valence electrons. The molecule has 1 aromatic heterocycles. The lowest BCUT2D eigenvalue weighted by Crippen LogP contribution is -2.31. The number of rotatable bonds is 1. The molecule has 3 nitrogen and oxygen atoms in total. The van der Waals surface area contributed by atoms with Gasteiger partial charge in [-0.2, -0.15) is 0 Å². The van der Waals surface area contributed by atoms with Crippen molar-refractivity contribution in [3.8, 4) is 5.75 Å². The van der Waals surface area contributed by atoms with Crippen LogP contribution < -0.4 is 0 Å². The molecule has 2 N–H and O–H groups in total. The summed E-state index contributed by atoms with van der Waals surface area (Å²) < 4.78 is 0. The van der Waals surface area contributed by atoms with Gasteiger partial charge in [0.05, 0.1) is 0 Å². The van der Waals surface area contributed by atoms with Crippen molar-refractivity contribution >= 4 is 10.9 Å². The predicted molar refractivity (Wildman–Crippen MR) is 95.0 cm³/mol. The Morgan fingerprint density at radius 1 is 1.26 bits per heavy atom. The summed E-state index contributed by atoms with van der Waals surface area (Å²) in [5, 5.41) is 11.1. The summed E-state index contributed by atoms with van der Waals surface area (Å²) in [5.74, 6) is 2.72. The SMILES string of the molecule is CCC1CC2CC(C1)c1[nH]c3ccc(O)cc3c1CCN(C)C2. The van der Waals surface area contributed by atoms with Crippen molar-refractivity contribution in [2.45, 2.75) is 44.9 Å². The van der Waals surface area contributed by atoms with E-state index in [4.69, 9.17) is 0 Å². The summed E-state index contributed by atoms with van der Waals surface area (Å²) in [5.41, 5.74) is 4.10. The van der Waals surface area contributed by atoms with E-state index in [2.05, 4.69) is 23.9 Å². The molecule has 1 aliphatic carbocycles. The topological polar surface area (TPSA) is 39.3 Å². The maximum atomic E-state index is 9.92. The molecule has 1 aromatic carbocycles. The summed E-state index contributed by atoms with van der Waals surface area (Å²) >= 11 is 0. The van der Waals surface area contributed by atoms with E-state index in [9.17, 15) is 5.11 Å². The lowest BCUT2D eigenvalue weighted by Gasteiger charge is -2.35. The first-order chi connectivity index (χ1) is 11.1. The summed E-state index contributed by atoms with van der Waals surface area (Å²) in [6, 6.07) is 5.77. The maximum absolute atomic E-state index is 9.92. The zero-order chi connectivity index (χ0) is 16.0. The van der Waals surface area contributed by atoms with Crippen LogP contribution in [0.3, 0.4) is 0 Å². The molecule has 2 heterocycles. The van der Waals surface area contributed by atoms with Gasteiger partial charge in [0.15, 0.2) is 0 Å². The fourth-order valence-electron chi connectivity index (χ4n) is 4.99. The molecule has 3 heteroatoms. The highest BCUT2D eigenvalue weighted by Crippen LogP contribution is 2.44. The Labute approximate surface area is 138 Å². The van der Waals surface area contributed by atoms with Gasteiger partial charge >= 0.3 is 0 Å². The van der Waals surface area contributed by atoms with E-state index in [0.717, 1.165) is 24.8 Å². The number of fused-ring (bicyclic) bond motifs is 6. The zero-order valence-electron chi connectivity index (χ0n) is 14.3. The average molecular weight is 312 g/mol. The molecule has 1 fully saturated rings. The van der Waals surface area contributed by atoms with Gasteiger partial charge < -0.3 is 15.0 Å². The minimum Gasteiger partial charge on any atom is -0.508 e. The fourth-order valence-corrected chi connectivity index (χ4v) is 4.99. The van der Waals surface area contributed by atoms with Crippen LogP contribution in [0.5, 0.6) is 5.75 Å². The highest BCUT2D eigenvalue weighted by molar-refractivity contribution is 5.86. The van der Waals surface area contributed by atoms with Crippen LogP contribution in [0, 0.1) is 11.8 Å². The molecule has 0 spiro atoms. The van der Waals surface area contributed by atoms with E-state index in [1.54, 1.807) is 6.07 Å². The largest absolute Gasteiger partial charge is 0.508 e. The molecule has 3 atom stereocenters. The Morgan fingerprint density at radius 3 is 2.96 bits per heavy atom. The quantitative estimate of drug-likeness (QED) is 0.825. The van der Waals surface area contributed by atoms with Crippen LogP contribution in [0.4, 0.5) is 0 Å². The second-order valence-electron chi connectivity index (χ2n) is 7.80. The third kappa shape index (κ3) is 2.76. The highest BCUT2D eigenvalue weighted by atomic mass is 16.3. The van der Waals surface area contributed by atoms with E-state index in [1.807, 2.05) is 12.1 Å². The number of H-pyrrole nitrogens is 1. The van der Waals surface area contributed by atoms with Crippen LogP contribution in [0.15, 0.2) is 18.2 Å². The number of hydrogen-bond donors (Lipinski definition) is 2. The minimum atomic E-state index is 0.375. The second kappa shape index (κ2) is 5.86. The van der Waals surface area contributed by atoms with Gasteiger partial charge in [-0.3, -0.25) is 0 Å². The third-order valence-corrected chi connectivity index (χ3v) is 6.12. The first kappa shape index (κ1) is 15.1. The molecule has 0 saturated heterocycles. The van der Waals surface area contributed by atoms with Crippen molar-refractivity contribution in [3.63, 3.8) is 0 Å². The summed E-state index contributed by atoms with van der Waals surface area (Å²) in [7, 11) is 2.27. The Kier molecular flexibility index (Phi) is 3.84. The molecular formula is C20H28N2O. The zero-order valence-corrected chi connectivity index (χ0v) is 14.3. The van der Waals surface area contributed by atoms with E-state index in [-0.39, 0.29) is 0 Å². The number of nitrogens with zero attached hydrogens (tertiary/aromatic N) is 1. The monoisotopic (exact) mass is 312 g/mol. The average Bonchev–Trinajstić information content (AvgIpc) is 2.91. The van der Waals surface area contributed by atoms with Crippen LogP contribution in [-0.2, 0) is 6.42 Å². The number of phenolic OH excluding ortho intramolecular Hbond substituents is 1. The summed E-state index contributed by atoms with van der Waals surface area (Å²) in [4.78, 5) is 6.23. The number of likely N-dealkylation sites (N-methyl/N-ethyl adjacent to an activating group) is 1. The van der Waals surface area contributed by atoms with Crippen molar-refractivity contribution in [1.82, 2.24) is 9.88 Å². The van der Waals surface area contributed by atoms with Gasteiger partial charge in [0.25, 0.3) is 0 Å². The molecule has 0 amide bonds. The van der Waals surface area contributed by atoms with Crippen molar-refractivity contribution in [3.05, 3.63) is 29.5 Å². The van der Waals surface area contributed by atoms with Crippen LogP contribution >= 0.6 is 0 Å². The van der Waals surface area contributed by atoms with Crippen molar-refractivity contribution < 1.29 is 5.11 Å². The Morgan fingerprint density at radius 2 is 2.13 bits per heavy atom. The molecular weight excluding hydrogens is 284 g/mol. The number of aromatic hydroxyl groups is 1. The predicted octanol–water partition coefficient (Wildman–Crippen LogP) is 4.27. The lowest BCUT2D eigenvalue weighted by atomic mass is 9.72. The van der Waals surface area contributed by atoms with Crippen molar-refractivity contribution in [2.24, 2.45) is 11.8 Å². The van der Waals surface area contributed by atoms with E-state index < -0.39 is 0 Å². The van der Waals surface area contributed by atoms with E-state index >= 15 is 0 Å². The Balaban J connectivity index is 1.82. The molecule has 1 saturated carbocycles. The number of nitrogens with one attached hydrogen (secondary N) is 1. The molecule has 2 aliphatic rings. The normalized spacial score (nSPS) is 28.9. The molecule has 4 rings (SSSR count). The van der Waals surface area contributed by atoms with Gasteiger partial charge in [0, 0.05) is 29.7 Å². The molecule has 0 radical (unpaired) electrons. The minimum absolute atomic E-state index is 0.375. The van der Waals surface area contributed by atoms with E-state index in [0.29, 0.717) is 11.7 Å². The molecule has 2 bridgehead atoms. The van der Waals surface area contributed by atoms with Crippen molar-refractivity contribution in [1.29, 1.82) is 0 Å². The fraction of sp³-hybridized carbons (Fsp3) is 0.600. The van der Waals surface area contributed by atoms with Gasteiger partial charge in [-0.1, -0.05) is 13.3 Å². The first-order valence-electron chi connectivity index (χ1n) is 9.16. The second-order valence-corrected chi connectivity index (χ2v) is 7.80. The molecule has 1 aliphatic heterocycles. The van der Waals surface area contributed by atoms with Crippen LogP contribution in [0.25, 0.3) is 10.9 Å². The van der Waals surface area contributed by atoms with Gasteiger partial charge in [-0.25, -0.2) is 0 Å². The van der Waals surface area contributed by atoms with Gasteiger partial charge in [0.1, 0.15) is 5.75 Å². The maximum Gasteiger partial charge on any atom is 0.116 e. The standard InChI is InChI=1S/C20H28N2O/c1-3-13-8-14-10-15(9-13)20-17(6-7-22(2)12-14)18-11-16(23)4-5-19(18)21-20/h4-5,11,13-15,21,23H,3,6-10,12H2,1-2H3. The highest BCUT2D eigenvalue weighted by Gasteiger charge is 2.33. The van der Waals surface area contributed by atoms with Crippen LogP contribution in [-0.4, -0.2) is 35.1 Å².